The lowest BCUT2D eigenvalue weighted by molar-refractivity contribution is -0.275. The highest BCUT2D eigenvalue weighted by Gasteiger charge is 2.32. The molecule has 6 heteroatoms. The molecular weight excluding hydrogens is 233 g/mol. The van der Waals surface area contributed by atoms with Crippen molar-refractivity contribution in [3.63, 3.8) is 0 Å². The summed E-state index contributed by atoms with van der Waals surface area (Å²) < 4.78 is 40.5. The van der Waals surface area contributed by atoms with E-state index in [-0.39, 0.29) is 5.75 Å². The Balaban J connectivity index is 2.91. The molecule has 0 amide bonds. The van der Waals surface area contributed by atoms with Crippen molar-refractivity contribution in [1.82, 2.24) is 4.90 Å². The predicted molar refractivity (Wildman–Crippen MR) is 58.6 cm³/mol. The number of likely N-dealkylation sites (N-methyl/N-ethyl adjacent to an activating group) is 1. The third-order valence-corrected chi connectivity index (χ3v) is 2.11. The van der Waals surface area contributed by atoms with Gasteiger partial charge in [0.1, 0.15) is 5.75 Å². The topological polar surface area (TPSA) is 38.5 Å². The number of rotatable bonds is 4. The van der Waals surface area contributed by atoms with Crippen molar-refractivity contribution in [1.29, 1.82) is 0 Å². The number of ether oxygens (including phenoxy) is 1. The summed E-state index contributed by atoms with van der Waals surface area (Å²) in [5.74, 6) is -0.241. The lowest BCUT2D eigenvalue weighted by atomic mass is 10.1. The first-order valence-corrected chi connectivity index (χ1v) is 5.04. The lowest BCUT2D eigenvalue weighted by Crippen LogP contribution is -2.27. The normalized spacial score (nSPS) is 13.8. The molecule has 0 radical (unpaired) electrons. The molecule has 2 N–H and O–H groups in total. The molecule has 1 unspecified atom stereocenters. The number of para-hydroxylation sites is 1. The second-order valence-corrected chi connectivity index (χ2v) is 3.95. The van der Waals surface area contributed by atoms with Gasteiger partial charge in [0.05, 0.1) is 0 Å². The minimum atomic E-state index is -4.70. The molecule has 0 spiro atoms. The molecular formula is C11H15F3N2O. The van der Waals surface area contributed by atoms with E-state index < -0.39 is 12.4 Å². The Bertz CT molecular complexity index is 366. The molecule has 0 saturated heterocycles. The molecule has 0 aromatic heterocycles. The molecule has 96 valence electrons. The fraction of sp³-hybridized carbons (Fsp3) is 0.455. The van der Waals surface area contributed by atoms with E-state index in [0.717, 1.165) is 0 Å². The summed E-state index contributed by atoms with van der Waals surface area (Å²) in [6.07, 6.45) is -4.70. The van der Waals surface area contributed by atoms with Gasteiger partial charge in [-0.1, -0.05) is 18.2 Å². The van der Waals surface area contributed by atoms with E-state index in [1.165, 1.54) is 18.2 Å². The fourth-order valence-electron chi connectivity index (χ4n) is 1.50. The van der Waals surface area contributed by atoms with Gasteiger partial charge in [-0.05, 0) is 20.2 Å². The van der Waals surface area contributed by atoms with Crippen LogP contribution in [0.5, 0.6) is 5.75 Å². The van der Waals surface area contributed by atoms with Gasteiger partial charge in [0, 0.05) is 18.2 Å². The second kappa shape index (κ2) is 5.37. The summed E-state index contributed by atoms with van der Waals surface area (Å²) in [5.41, 5.74) is 6.17. The van der Waals surface area contributed by atoms with Crippen LogP contribution in [0.4, 0.5) is 13.2 Å². The zero-order chi connectivity index (χ0) is 13.1. The second-order valence-electron chi connectivity index (χ2n) is 3.95. The average molecular weight is 248 g/mol. The SMILES string of the molecule is CN(C)CC(N)c1ccccc1OC(F)(F)F. The molecule has 1 atom stereocenters. The van der Waals surface area contributed by atoms with Crippen LogP contribution in [-0.2, 0) is 0 Å². The molecule has 0 saturated carbocycles. The van der Waals surface area contributed by atoms with Crippen LogP contribution < -0.4 is 10.5 Å². The molecule has 0 aliphatic carbocycles. The summed E-state index contributed by atoms with van der Waals surface area (Å²) in [5, 5.41) is 0. The van der Waals surface area contributed by atoms with Crippen LogP contribution >= 0.6 is 0 Å². The summed E-state index contributed by atoms with van der Waals surface area (Å²) in [6, 6.07) is 5.39. The van der Waals surface area contributed by atoms with Crippen LogP contribution in [-0.4, -0.2) is 31.9 Å². The van der Waals surface area contributed by atoms with Crippen molar-refractivity contribution in [2.45, 2.75) is 12.4 Å². The van der Waals surface area contributed by atoms with Crippen molar-refractivity contribution in [3.05, 3.63) is 29.8 Å². The van der Waals surface area contributed by atoms with Gasteiger partial charge >= 0.3 is 6.36 Å². The lowest BCUT2D eigenvalue weighted by Gasteiger charge is -2.20. The van der Waals surface area contributed by atoms with E-state index in [1.807, 2.05) is 0 Å². The zero-order valence-electron chi connectivity index (χ0n) is 9.66. The first kappa shape index (κ1) is 13.8. The van der Waals surface area contributed by atoms with Crippen molar-refractivity contribution in [2.75, 3.05) is 20.6 Å². The smallest absolute Gasteiger partial charge is 0.405 e. The molecule has 3 nitrogen and oxygen atoms in total. The van der Waals surface area contributed by atoms with Gasteiger partial charge in [-0.25, -0.2) is 0 Å². The summed E-state index contributed by atoms with van der Waals surface area (Å²) in [6.45, 7) is 0.443. The van der Waals surface area contributed by atoms with Gasteiger partial charge in [0.15, 0.2) is 0 Å². The quantitative estimate of drug-likeness (QED) is 0.887. The van der Waals surface area contributed by atoms with Crippen molar-refractivity contribution in [2.24, 2.45) is 5.73 Å². The number of nitrogens with two attached hydrogens (primary N) is 1. The third-order valence-electron chi connectivity index (χ3n) is 2.11. The number of alkyl halides is 3. The minimum Gasteiger partial charge on any atom is -0.405 e. The van der Waals surface area contributed by atoms with Crippen molar-refractivity contribution in [3.8, 4) is 5.75 Å². The molecule has 1 aromatic rings. The van der Waals surface area contributed by atoms with Gasteiger partial charge < -0.3 is 15.4 Å². The van der Waals surface area contributed by atoms with Crippen LogP contribution in [0, 0.1) is 0 Å². The maximum atomic E-state index is 12.2. The van der Waals surface area contributed by atoms with Crippen LogP contribution in [0.15, 0.2) is 24.3 Å². The number of benzene rings is 1. The Morgan fingerprint density at radius 3 is 2.41 bits per heavy atom. The van der Waals surface area contributed by atoms with Gasteiger partial charge in [-0.3, -0.25) is 0 Å². The van der Waals surface area contributed by atoms with Crippen LogP contribution in [0.25, 0.3) is 0 Å². The molecule has 0 aliphatic heterocycles. The molecule has 17 heavy (non-hydrogen) atoms. The highest BCUT2D eigenvalue weighted by Crippen LogP contribution is 2.29. The predicted octanol–water partition coefficient (Wildman–Crippen LogP) is 2.15. The molecule has 0 aliphatic rings. The first-order valence-electron chi connectivity index (χ1n) is 5.04. The van der Waals surface area contributed by atoms with Gasteiger partial charge in [0.2, 0.25) is 0 Å². The summed E-state index contributed by atoms with van der Waals surface area (Å²) >= 11 is 0. The Kier molecular flexibility index (Phi) is 4.36. The van der Waals surface area contributed by atoms with Crippen LogP contribution in [0.1, 0.15) is 11.6 Å². The molecule has 1 rings (SSSR count). The van der Waals surface area contributed by atoms with E-state index >= 15 is 0 Å². The number of hydrogen-bond donors (Lipinski definition) is 1. The molecule has 1 aromatic carbocycles. The van der Waals surface area contributed by atoms with Crippen LogP contribution in [0.2, 0.25) is 0 Å². The van der Waals surface area contributed by atoms with E-state index in [4.69, 9.17) is 5.73 Å². The van der Waals surface area contributed by atoms with E-state index in [9.17, 15) is 13.2 Å². The largest absolute Gasteiger partial charge is 0.573 e. The van der Waals surface area contributed by atoms with Gasteiger partial charge in [-0.2, -0.15) is 0 Å². The van der Waals surface area contributed by atoms with E-state index in [0.29, 0.717) is 12.1 Å². The third kappa shape index (κ3) is 4.62. The van der Waals surface area contributed by atoms with Gasteiger partial charge in [-0.15, -0.1) is 13.2 Å². The minimum absolute atomic E-state index is 0.241. The number of hydrogen-bond acceptors (Lipinski definition) is 3. The first-order chi connectivity index (χ1) is 7.79. The fourth-order valence-corrected chi connectivity index (χ4v) is 1.50. The molecule has 0 bridgehead atoms. The maximum absolute atomic E-state index is 12.2. The molecule has 0 heterocycles. The summed E-state index contributed by atoms with van der Waals surface area (Å²) in [7, 11) is 3.60. The van der Waals surface area contributed by atoms with Crippen molar-refractivity contribution < 1.29 is 17.9 Å². The zero-order valence-corrected chi connectivity index (χ0v) is 9.66. The number of nitrogens with zero attached hydrogens (tertiary/aromatic N) is 1. The Hall–Kier alpha value is -1.27. The standard InChI is InChI=1S/C11H15F3N2O/c1-16(2)7-9(15)8-5-3-4-6-10(8)17-11(12,13)14/h3-6,9H,7,15H2,1-2H3. The Morgan fingerprint density at radius 1 is 1.29 bits per heavy atom. The highest BCUT2D eigenvalue weighted by molar-refractivity contribution is 5.36. The van der Waals surface area contributed by atoms with Crippen LogP contribution in [0.3, 0.4) is 0 Å². The summed E-state index contributed by atoms with van der Waals surface area (Å²) in [4.78, 5) is 1.80. The van der Waals surface area contributed by atoms with E-state index in [2.05, 4.69) is 4.74 Å². The average Bonchev–Trinajstić information content (AvgIpc) is 2.14. The maximum Gasteiger partial charge on any atom is 0.573 e. The van der Waals surface area contributed by atoms with E-state index in [1.54, 1.807) is 25.1 Å². The number of halogens is 3. The molecule has 0 fully saturated rings. The van der Waals surface area contributed by atoms with Gasteiger partial charge in [0.25, 0.3) is 0 Å². The Labute approximate surface area is 98.0 Å². The Morgan fingerprint density at radius 2 is 1.88 bits per heavy atom. The highest BCUT2D eigenvalue weighted by atomic mass is 19.4. The van der Waals surface area contributed by atoms with Crippen molar-refractivity contribution >= 4 is 0 Å². The monoisotopic (exact) mass is 248 g/mol.